The fourth-order valence-corrected chi connectivity index (χ4v) is 2.62. The van der Waals surface area contributed by atoms with E-state index in [2.05, 4.69) is 4.98 Å². The molecule has 0 fully saturated rings. The molecule has 5 nitrogen and oxygen atoms in total. The zero-order chi connectivity index (χ0) is 14.3. The van der Waals surface area contributed by atoms with Crippen molar-refractivity contribution in [1.29, 1.82) is 0 Å². The fraction of sp³-hybridized carbons (Fsp3) is 0.0714. The molecule has 0 radical (unpaired) electrons. The number of oxazole rings is 1. The van der Waals surface area contributed by atoms with Gasteiger partial charge in [0.2, 0.25) is 5.89 Å². The number of para-hydroxylation sites is 1. The average Bonchev–Trinajstić information content (AvgIpc) is 2.83. The maximum Gasteiger partial charge on any atom is 0.227 e. The molecule has 3 rings (SSSR count). The molecule has 0 amide bonds. The molecule has 0 bridgehead atoms. The van der Waals surface area contributed by atoms with Gasteiger partial charge in [-0.1, -0.05) is 12.1 Å². The van der Waals surface area contributed by atoms with Crippen LogP contribution in [0.15, 0.2) is 51.8 Å². The number of benzene rings is 2. The second kappa shape index (κ2) is 4.35. The van der Waals surface area contributed by atoms with E-state index in [1.807, 2.05) is 0 Å². The highest BCUT2D eigenvalue weighted by Gasteiger charge is 2.13. The molecule has 0 saturated heterocycles. The average molecular weight is 288 g/mol. The third-order valence-corrected chi connectivity index (χ3v) is 4.07. The van der Waals surface area contributed by atoms with Crippen molar-refractivity contribution in [3.63, 3.8) is 0 Å². The normalized spacial score (nSPS) is 11.8. The summed E-state index contributed by atoms with van der Waals surface area (Å²) < 4.78 is 28.8. The number of aromatic nitrogens is 1. The largest absolute Gasteiger partial charge is 0.436 e. The van der Waals surface area contributed by atoms with Crippen LogP contribution in [0.25, 0.3) is 22.6 Å². The Morgan fingerprint density at radius 3 is 2.60 bits per heavy atom. The Balaban J connectivity index is 2.19. The second-order valence-corrected chi connectivity index (χ2v) is 6.53. The molecule has 0 aliphatic heterocycles. The van der Waals surface area contributed by atoms with Gasteiger partial charge in [0.1, 0.15) is 5.52 Å². The zero-order valence-electron chi connectivity index (χ0n) is 10.7. The lowest BCUT2D eigenvalue weighted by Crippen LogP contribution is -1.96. The number of nitrogens with two attached hydrogens (primary N) is 1. The second-order valence-electron chi connectivity index (χ2n) is 4.51. The van der Waals surface area contributed by atoms with E-state index in [0.717, 1.165) is 6.26 Å². The minimum atomic E-state index is -3.27. The van der Waals surface area contributed by atoms with Crippen LogP contribution in [0.1, 0.15) is 0 Å². The first-order chi connectivity index (χ1) is 9.45. The number of nitrogen functional groups attached to an aromatic ring is 1. The van der Waals surface area contributed by atoms with Crippen LogP contribution in [0.4, 0.5) is 5.69 Å². The molecule has 2 N–H and O–H groups in total. The van der Waals surface area contributed by atoms with E-state index in [-0.39, 0.29) is 4.90 Å². The molecular weight excluding hydrogens is 276 g/mol. The molecule has 6 heteroatoms. The first kappa shape index (κ1) is 12.7. The monoisotopic (exact) mass is 288 g/mol. The number of anilines is 1. The van der Waals surface area contributed by atoms with Gasteiger partial charge in [-0.3, -0.25) is 0 Å². The van der Waals surface area contributed by atoms with Gasteiger partial charge in [0.15, 0.2) is 15.4 Å². The molecule has 102 valence electrons. The van der Waals surface area contributed by atoms with E-state index in [1.54, 1.807) is 30.3 Å². The molecule has 0 saturated carbocycles. The number of rotatable bonds is 2. The van der Waals surface area contributed by atoms with Crippen molar-refractivity contribution in [2.24, 2.45) is 0 Å². The summed E-state index contributed by atoms with van der Waals surface area (Å²) in [6.07, 6.45) is 1.16. The summed E-state index contributed by atoms with van der Waals surface area (Å²) in [4.78, 5) is 4.55. The minimum Gasteiger partial charge on any atom is -0.436 e. The number of hydrogen-bond acceptors (Lipinski definition) is 5. The smallest absolute Gasteiger partial charge is 0.227 e. The zero-order valence-corrected chi connectivity index (χ0v) is 11.5. The summed E-state index contributed by atoms with van der Waals surface area (Å²) in [5.74, 6) is 0.350. The summed E-state index contributed by atoms with van der Waals surface area (Å²) in [7, 11) is -3.27. The van der Waals surface area contributed by atoms with Crippen LogP contribution in [-0.4, -0.2) is 19.7 Å². The molecule has 1 aromatic heterocycles. The van der Waals surface area contributed by atoms with Gasteiger partial charge in [-0.2, -0.15) is 0 Å². The molecular formula is C14H12N2O3S. The Bertz CT molecular complexity index is 898. The Morgan fingerprint density at radius 2 is 1.90 bits per heavy atom. The SMILES string of the molecule is CS(=O)(=O)c1cccc(-c2nc3c(N)cccc3o2)c1. The fourth-order valence-electron chi connectivity index (χ4n) is 1.95. The van der Waals surface area contributed by atoms with Crippen LogP contribution >= 0.6 is 0 Å². The maximum atomic E-state index is 11.6. The first-order valence-electron chi connectivity index (χ1n) is 5.91. The summed E-state index contributed by atoms with van der Waals surface area (Å²) in [5, 5.41) is 0. The summed E-state index contributed by atoms with van der Waals surface area (Å²) in [5.41, 5.74) is 8.10. The Kier molecular flexibility index (Phi) is 2.76. The van der Waals surface area contributed by atoms with E-state index in [9.17, 15) is 8.42 Å². The van der Waals surface area contributed by atoms with Crippen molar-refractivity contribution in [1.82, 2.24) is 4.98 Å². The number of fused-ring (bicyclic) bond motifs is 1. The van der Waals surface area contributed by atoms with Crippen molar-refractivity contribution in [3.8, 4) is 11.5 Å². The maximum absolute atomic E-state index is 11.6. The van der Waals surface area contributed by atoms with Gasteiger partial charge in [0.05, 0.1) is 10.6 Å². The van der Waals surface area contributed by atoms with Crippen molar-refractivity contribution >= 4 is 26.6 Å². The van der Waals surface area contributed by atoms with Crippen LogP contribution in [0.2, 0.25) is 0 Å². The van der Waals surface area contributed by atoms with Crippen LogP contribution in [0.3, 0.4) is 0 Å². The van der Waals surface area contributed by atoms with Crippen molar-refractivity contribution in [2.45, 2.75) is 4.90 Å². The highest BCUT2D eigenvalue weighted by atomic mass is 32.2. The van der Waals surface area contributed by atoms with Crippen LogP contribution < -0.4 is 5.73 Å². The van der Waals surface area contributed by atoms with E-state index in [4.69, 9.17) is 10.2 Å². The molecule has 0 spiro atoms. The Hall–Kier alpha value is -2.34. The molecule has 0 aliphatic rings. The Labute approximate surface area is 116 Å². The molecule has 3 aromatic rings. The molecule has 0 unspecified atom stereocenters. The van der Waals surface area contributed by atoms with E-state index in [1.165, 1.54) is 12.1 Å². The van der Waals surface area contributed by atoms with Crippen LogP contribution in [0.5, 0.6) is 0 Å². The first-order valence-corrected chi connectivity index (χ1v) is 7.80. The van der Waals surface area contributed by atoms with Crippen molar-refractivity contribution in [3.05, 3.63) is 42.5 Å². The summed E-state index contributed by atoms with van der Waals surface area (Å²) in [6.45, 7) is 0. The quantitative estimate of drug-likeness (QED) is 0.732. The number of nitrogens with zero attached hydrogens (tertiary/aromatic N) is 1. The predicted octanol–water partition coefficient (Wildman–Crippen LogP) is 2.48. The lowest BCUT2D eigenvalue weighted by molar-refractivity contribution is 0.601. The predicted molar refractivity (Wildman–Crippen MR) is 77.0 cm³/mol. The van der Waals surface area contributed by atoms with Gasteiger partial charge < -0.3 is 10.2 Å². The van der Waals surface area contributed by atoms with Gasteiger partial charge in [-0.15, -0.1) is 0 Å². The van der Waals surface area contributed by atoms with E-state index >= 15 is 0 Å². The lowest BCUT2D eigenvalue weighted by atomic mass is 10.2. The van der Waals surface area contributed by atoms with Crippen LogP contribution in [-0.2, 0) is 9.84 Å². The summed E-state index contributed by atoms with van der Waals surface area (Å²) >= 11 is 0. The highest BCUT2D eigenvalue weighted by Crippen LogP contribution is 2.28. The minimum absolute atomic E-state index is 0.227. The molecule has 1 heterocycles. The number of hydrogen-bond donors (Lipinski definition) is 1. The van der Waals surface area contributed by atoms with Gasteiger partial charge in [-0.05, 0) is 30.3 Å². The third-order valence-electron chi connectivity index (χ3n) is 2.96. The third kappa shape index (κ3) is 2.14. The summed E-state index contributed by atoms with van der Waals surface area (Å²) in [6, 6.07) is 11.8. The molecule has 0 atom stereocenters. The van der Waals surface area contributed by atoms with Crippen molar-refractivity contribution < 1.29 is 12.8 Å². The molecule has 2 aromatic carbocycles. The van der Waals surface area contributed by atoms with Gasteiger partial charge in [0, 0.05) is 11.8 Å². The van der Waals surface area contributed by atoms with Gasteiger partial charge >= 0.3 is 0 Å². The van der Waals surface area contributed by atoms with E-state index < -0.39 is 9.84 Å². The molecule has 0 aliphatic carbocycles. The van der Waals surface area contributed by atoms with Crippen molar-refractivity contribution in [2.75, 3.05) is 12.0 Å². The Morgan fingerprint density at radius 1 is 1.15 bits per heavy atom. The standard InChI is InChI=1S/C14H12N2O3S/c1-20(17,18)10-5-2-4-9(8-10)14-16-13-11(15)6-3-7-12(13)19-14/h2-8H,15H2,1H3. The highest BCUT2D eigenvalue weighted by molar-refractivity contribution is 7.90. The molecule has 20 heavy (non-hydrogen) atoms. The van der Waals surface area contributed by atoms with Crippen LogP contribution in [0, 0.1) is 0 Å². The topological polar surface area (TPSA) is 86.2 Å². The van der Waals surface area contributed by atoms with Gasteiger partial charge in [-0.25, -0.2) is 13.4 Å². The number of sulfone groups is 1. The van der Waals surface area contributed by atoms with E-state index in [0.29, 0.717) is 28.2 Å². The van der Waals surface area contributed by atoms with Gasteiger partial charge in [0.25, 0.3) is 0 Å². The lowest BCUT2D eigenvalue weighted by Gasteiger charge is -2.00.